The quantitative estimate of drug-likeness (QED) is 0.745. The van der Waals surface area contributed by atoms with Crippen molar-refractivity contribution in [2.24, 2.45) is 16.6 Å². The number of carbonyl (C=O) groups excluding carboxylic acids is 2. The fourth-order valence-corrected chi connectivity index (χ4v) is 1.01. The molecule has 0 spiro atoms. The highest BCUT2D eigenvalue weighted by Gasteiger charge is 2.29. The molecule has 2 N–H and O–H groups in total. The number of esters is 1. The van der Waals surface area contributed by atoms with Gasteiger partial charge in [-0.1, -0.05) is 20.8 Å². The van der Waals surface area contributed by atoms with Crippen LogP contribution in [0.25, 0.3) is 0 Å². The maximum atomic E-state index is 11.7. The van der Waals surface area contributed by atoms with E-state index in [1.54, 1.807) is 41.5 Å². The fourth-order valence-electron chi connectivity index (χ4n) is 1.01. The summed E-state index contributed by atoms with van der Waals surface area (Å²) in [5.74, 6) is -0.445. The first-order valence-corrected chi connectivity index (χ1v) is 5.43. The van der Waals surface area contributed by atoms with Crippen LogP contribution in [-0.2, 0) is 14.3 Å². The molecule has 0 aromatic heterocycles. The molecule has 0 aliphatic heterocycles. The number of ether oxygens (including phenoxy) is 1. The van der Waals surface area contributed by atoms with Crippen LogP contribution in [-0.4, -0.2) is 24.4 Å². The number of hydrogen-bond donors (Lipinski definition) is 1. The van der Waals surface area contributed by atoms with Crippen LogP contribution < -0.4 is 5.73 Å². The van der Waals surface area contributed by atoms with Crippen molar-refractivity contribution in [3.8, 4) is 0 Å². The molecule has 0 heterocycles. The molecule has 16 heavy (non-hydrogen) atoms. The predicted molar refractivity (Wildman–Crippen MR) is 62.9 cm³/mol. The Morgan fingerprint density at radius 1 is 1.06 bits per heavy atom. The zero-order valence-electron chi connectivity index (χ0n) is 11.1. The van der Waals surface area contributed by atoms with Crippen molar-refractivity contribution in [2.45, 2.75) is 47.6 Å². The predicted octanol–water partition coefficient (Wildman–Crippen LogP) is 1.52. The van der Waals surface area contributed by atoms with E-state index in [1.165, 1.54) is 0 Å². The monoisotopic (exact) mass is 229 g/mol. The smallest absolute Gasteiger partial charge is 0.311 e. The summed E-state index contributed by atoms with van der Waals surface area (Å²) in [6.45, 7) is 10.6. The highest BCUT2D eigenvalue weighted by Crippen LogP contribution is 2.18. The lowest BCUT2D eigenvalue weighted by molar-refractivity contribution is -0.154. The summed E-state index contributed by atoms with van der Waals surface area (Å²) in [4.78, 5) is 23.2. The Morgan fingerprint density at radius 3 is 1.81 bits per heavy atom. The van der Waals surface area contributed by atoms with E-state index in [1.807, 2.05) is 0 Å². The molecule has 0 bridgehead atoms. The molecule has 0 rings (SSSR count). The van der Waals surface area contributed by atoms with Gasteiger partial charge in [0.05, 0.1) is 11.5 Å². The minimum Gasteiger partial charge on any atom is -0.463 e. The third kappa shape index (κ3) is 4.75. The summed E-state index contributed by atoms with van der Waals surface area (Å²) in [7, 11) is 0. The molecular formula is C12H23NO3. The summed E-state index contributed by atoms with van der Waals surface area (Å²) in [6.07, 6.45) is 0. The molecular weight excluding hydrogens is 206 g/mol. The Kier molecular flexibility index (Phi) is 4.68. The van der Waals surface area contributed by atoms with Crippen LogP contribution in [0.1, 0.15) is 41.5 Å². The average molecular weight is 229 g/mol. The Labute approximate surface area is 97.5 Å². The summed E-state index contributed by atoms with van der Waals surface area (Å²) >= 11 is 0. The van der Waals surface area contributed by atoms with Gasteiger partial charge in [0.25, 0.3) is 0 Å². The lowest BCUT2D eigenvalue weighted by Crippen LogP contribution is -2.43. The van der Waals surface area contributed by atoms with Gasteiger partial charge in [-0.25, -0.2) is 0 Å². The minimum absolute atomic E-state index is 0.0494. The third-order valence-electron chi connectivity index (χ3n) is 2.08. The zero-order valence-corrected chi connectivity index (χ0v) is 11.1. The van der Waals surface area contributed by atoms with E-state index in [9.17, 15) is 9.59 Å². The topological polar surface area (TPSA) is 69.4 Å². The highest BCUT2D eigenvalue weighted by molar-refractivity contribution is 5.89. The Hall–Kier alpha value is -0.900. The highest BCUT2D eigenvalue weighted by atomic mass is 16.5. The molecule has 0 radical (unpaired) electrons. The lowest BCUT2D eigenvalue weighted by Gasteiger charge is -2.23. The second-order valence-corrected chi connectivity index (χ2v) is 6.07. The maximum Gasteiger partial charge on any atom is 0.311 e. The van der Waals surface area contributed by atoms with E-state index in [-0.39, 0.29) is 18.4 Å². The fraction of sp³-hybridized carbons (Fsp3) is 0.833. The van der Waals surface area contributed by atoms with E-state index < -0.39 is 16.9 Å². The Morgan fingerprint density at radius 2 is 1.50 bits per heavy atom. The molecule has 0 saturated carbocycles. The van der Waals surface area contributed by atoms with Crippen molar-refractivity contribution >= 4 is 11.8 Å². The molecule has 0 aromatic rings. The number of rotatable bonds is 3. The van der Waals surface area contributed by atoms with Crippen LogP contribution in [0.3, 0.4) is 0 Å². The van der Waals surface area contributed by atoms with Gasteiger partial charge in [-0.15, -0.1) is 0 Å². The number of nitrogens with two attached hydrogens (primary N) is 1. The summed E-state index contributed by atoms with van der Waals surface area (Å²) in [5.41, 5.74) is 4.60. The van der Waals surface area contributed by atoms with Crippen molar-refractivity contribution in [2.75, 3.05) is 6.61 Å². The normalized spacial score (nSPS) is 14.4. The first-order chi connectivity index (χ1) is 6.96. The first kappa shape index (κ1) is 15.1. The molecule has 0 aliphatic rings. The van der Waals surface area contributed by atoms with Crippen LogP contribution in [0.5, 0.6) is 0 Å². The molecule has 0 fully saturated rings. The van der Waals surface area contributed by atoms with E-state index >= 15 is 0 Å². The molecule has 94 valence electrons. The summed E-state index contributed by atoms with van der Waals surface area (Å²) in [5, 5.41) is 0. The largest absolute Gasteiger partial charge is 0.463 e. The molecule has 1 atom stereocenters. The lowest BCUT2D eigenvalue weighted by atomic mass is 9.87. The van der Waals surface area contributed by atoms with Gasteiger partial charge in [0, 0.05) is 5.41 Å². The van der Waals surface area contributed by atoms with Gasteiger partial charge in [-0.3, -0.25) is 9.59 Å². The Bertz CT molecular complexity index is 271. The van der Waals surface area contributed by atoms with E-state index in [0.717, 1.165) is 0 Å². The van der Waals surface area contributed by atoms with Crippen molar-refractivity contribution < 1.29 is 14.3 Å². The molecule has 0 aromatic carbocycles. The van der Waals surface area contributed by atoms with Gasteiger partial charge in [0.2, 0.25) is 0 Å². The molecule has 0 amide bonds. The van der Waals surface area contributed by atoms with E-state index in [0.29, 0.717) is 0 Å². The minimum atomic E-state index is -0.744. The first-order valence-electron chi connectivity index (χ1n) is 5.43. The summed E-state index contributed by atoms with van der Waals surface area (Å²) < 4.78 is 5.00. The second-order valence-electron chi connectivity index (χ2n) is 6.07. The maximum absolute atomic E-state index is 11.7. The van der Waals surface area contributed by atoms with Gasteiger partial charge in [-0.2, -0.15) is 0 Å². The molecule has 1 unspecified atom stereocenters. The average Bonchev–Trinajstić information content (AvgIpc) is 2.09. The van der Waals surface area contributed by atoms with Crippen LogP contribution in [0.4, 0.5) is 0 Å². The Balaban J connectivity index is 4.25. The van der Waals surface area contributed by atoms with Gasteiger partial charge >= 0.3 is 5.97 Å². The van der Waals surface area contributed by atoms with E-state index in [4.69, 9.17) is 10.5 Å². The molecule has 0 saturated heterocycles. The zero-order chi connectivity index (χ0) is 13.1. The number of hydrogen-bond acceptors (Lipinski definition) is 4. The van der Waals surface area contributed by atoms with Crippen molar-refractivity contribution in [1.29, 1.82) is 0 Å². The van der Waals surface area contributed by atoms with Crippen molar-refractivity contribution in [3.05, 3.63) is 0 Å². The molecule has 4 nitrogen and oxygen atoms in total. The summed E-state index contributed by atoms with van der Waals surface area (Å²) in [6, 6.07) is -0.744. The molecule has 0 aliphatic carbocycles. The van der Waals surface area contributed by atoms with Gasteiger partial charge in [0.1, 0.15) is 6.61 Å². The molecule has 4 heteroatoms. The SMILES string of the molecule is CC(C)(C)C(=O)OCC(N)C(=O)C(C)(C)C. The van der Waals surface area contributed by atoms with Crippen LogP contribution in [0.2, 0.25) is 0 Å². The number of Topliss-reactive ketones (excluding diaryl/α,β-unsaturated/α-hetero) is 1. The van der Waals surface area contributed by atoms with Crippen LogP contribution in [0.15, 0.2) is 0 Å². The van der Waals surface area contributed by atoms with Gasteiger partial charge < -0.3 is 10.5 Å². The van der Waals surface area contributed by atoms with Crippen LogP contribution >= 0.6 is 0 Å². The van der Waals surface area contributed by atoms with Crippen molar-refractivity contribution in [1.82, 2.24) is 0 Å². The standard InChI is InChI=1S/C12H23NO3/c1-11(2,3)9(14)8(13)7-16-10(15)12(4,5)6/h8H,7,13H2,1-6H3. The third-order valence-corrected chi connectivity index (χ3v) is 2.08. The van der Waals surface area contributed by atoms with Gasteiger partial charge in [-0.05, 0) is 20.8 Å². The van der Waals surface area contributed by atoms with E-state index in [2.05, 4.69) is 0 Å². The second kappa shape index (κ2) is 4.95. The van der Waals surface area contributed by atoms with Crippen LogP contribution in [0, 0.1) is 10.8 Å². The van der Waals surface area contributed by atoms with Gasteiger partial charge in [0.15, 0.2) is 5.78 Å². The number of carbonyl (C=O) groups is 2. The number of ketones is 1. The van der Waals surface area contributed by atoms with Crippen molar-refractivity contribution in [3.63, 3.8) is 0 Å².